The molecule has 1 heterocycles. The van der Waals surface area contributed by atoms with Gasteiger partial charge in [-0.25, -0.2) is 4.79 Å². The van der Waals surface area contributed by atoms with E-state index >= 15 is 0 Å². The monoisotopic (exact) mass is 300 g/mol. The van der Waals surface area contributed by atoms with Gasteiger partial charge in [-0.3, -0.25) is 4.79 Å². The molecule has 1 amide bonds. The number of aromatic nitrogens is 3. The molecule has 0 saturated heterocycles. The second-order valence-electron chi connectivity index (χ2n) is 4.66. The van der Waals surface area contributed by atoms with Gasteiger partial charge in [-0.2, -0.15) is 0 Å². The number of amides is 1. The van der Waals surface area contributed by atoms with Crippen LogP contribution < -0.4 is 5.32 Å². The van der Waals surface area contributed by atoms with Crippen molar-refractivity contribution in [3.63, 3.8) is 0 Å². The zero-order valence-corrected chi connectivity index (χ0v) is 11.7. The molecule has 0 radical (unpaired) electrons. The van der Waals surface area contributed by atoms with Crippen molar-refractivity contribution < 1.29 is 19.8 Å². The quantitative estimate of drug-likeness (QED) is 0.589. The van der Waals surface area contributed by atoms with Crippen molar-refractivity contribution in [1.82, 2.24) is 20.1 Å². The van der Waals surface area contributed by atoms with Gasteiger partial charge in [0.1, 0.15) is 6.33 Å². The molecular weight excluding hydrogens is 284 g/mol. The highest BCUT2D eigenvalue weighted by molar-refractivity contribution is 7.99. The van der Waals surface area contributed by atoms with Gasteiger partial charge >= 0.3 is 5.97 Å². The summed E-state index contributed by atoms with van der Waals surface area (Å²) in [7, 11) is 0. The first kappa shape index (κ1) is 14.8. The molecule has 0 unspecified atom stereocenters. The van der Waals surface area contributed by atoms with E-state index < -0.39 is 24.0 Å². The van der Waals surface area contributed by atoms with Crippen molar-refractivity contribution in [2.75, 3.05) is 5.75 Å². The maximum absolute atomic E-state index is 11.7. The van der Waals surface area contributed by atoms with Gasteiger partial charge in [-0.1, -0.05) is 11.8 Å². The molecule has 0 bridgehead atoms. The van der Waals surface area contributed by atoms with Gasteiger partial charge in [0.25, 0.3) is 0 Å². The largest absolute Gasteiger partial charge is 0.480 e. The molecule has 9 heteroatoms. The Morgan fingerprint density at radius 3 is 2.85 bits per heavy atom. The second-order valence-corrected chi connectivity index (χ2v) is 5.61. The van der Waals surface area contributed by atoms with Crippen LogP contribution in [-0.4, -0.2) is 54.8 Å². The number of rotatable bonds is 7. The van der Waals surface area contributed by atoms with E-state index in [-0.39, 0.29) is 5.75 Å². The smallest absolute Gasteiger partial charge is 0.328 e. The molecule has 1 aliphatic carbocycles. The van der Waals surface area contributed by atoms with E-state index in [9.17, 15) is 14.7 Å². The molecule has 0 spiro atoms. The van der Waals surface area contributed by atoms with Gasteiger partial charge in [-0.15, -0.1) is 10.2 Å². The number of carboxylic acids is 1. The Morgan fingerprint density at radius 1 is 1.60 bits per heavy atom. The van der Waals surface area contributed by atoms with Crippen molar-refractivity contribution in [1.29, 1.82) is 0 Å². The third-order valence-corrected chi connectivity index (χ3v) is 3.83. The number of aliphatic hydroxyl groups excluding tert-OH is 1. The number of nitrogens with one attached hydrogen (secondary N) is 1. The fourth-order valence-corrected chi connectivity index (χ4v) is 2.47. The van der Waals surface area contributed by atoms with E-state index in [1.54, 1.807) is 6.33 Å². The lowest BCUT2D eigenvalue weighted by Crippen LogP contribution is -2.48. The number of aliphatic hydroxyl groups is 1. The minimum atomic E-state index is -1.30. The highest BCUT2D eigenvalue weighted by atomic mass is 32.2. The number of carboxylic acid groups (broad SMARTS) is 1. The summed E-state index contributed by atoms with van der Waals surface area (Å²) in [6.45, 7) is 1.32. The Hall–Kier alpha value is -1.61. The van der Waals surface area contributed by atoms with Crippen LogP contribution in [0.5, 0.6) is 0 Å². The normalized spacial score (nSPS) is 17.5. The predicted octanol–water partition coefficient (Wildman–Crippen LogP) is -0.345. The molecule has 110 valence electrons. The minimum absolute atomic E-state index is 0.0297. The van der Waals surface area contributed by atoms with Crippen molar-refractivity contribution in [3.8, 4) is 0 Å². The number of carbonyl (C=O) groups excluding carboxylic acids is 1. The van der Waals surface area contributed by atoms with Gasteiger partial charge in [-0.05, 0) is 19.8 Å². The molecule has 2 rings (SSSR count). The van der Waals surface area contributed by atoms with E-state index in [4.69, 9.17) is 5.11 Å². The average molecular weight is 300 g/mol. The van der Waals surface area contributed by atoms with Crippen LogP contribution in [0.1, 0.15) is 25.8 Å². The Kier molecular flexibility index (Phi) is 4.61. The fraction of sp³-hybridized carbons (Fsp3) is 0.636. The Morgan fingerprint density at radius 2 is 2.30 bits per heavy atom. The summed E-state index contributed by atoms with van der Waals surface area (Å²) in [6, 6.07) is -0.885. The van der Waals surface area contributed by atoms with Crippen molar-refractivity contribution in [2.24, 2.45) is 0 Å². The van der Waals surface area contributed by atoms with Crippen LogP contribution in [0.15, 0.2) is 11.5 Å². The lowest BCUT2D eigenvalue weighted by molar-refractivity contribution is -0.144. The second kappa shape index (κ2) is 6.23. The van der Waals surface area contributed by atoms with Gasteiger partial charge in [0.05, 0.1) is 11.9 Å². The fourth-order valence-electron chi connectivity index (χ4n) is 1.67. The summed E-state index contributed by atoms with van der Waals surface area (Å²) in [5.41, 5.74) is 0. The van der Waals surface area contributed by atoms with Crippen LogP contribution in [-0.2, 0) is 9.59 Å². The van der Waals surface area contributed by atoms with Crippen molar-refractivity contribution in [3.05, 3.63) is 6.33 Å². The summed E-state index contributed by atoms with van der Waals surface area (Å²) in [4.78, 5) is 22.5. The Labute approximate surface area is 119 Å². The van der Waals surface area contributed by atoms with Gasteiger partial charge < -0.3 is 20.1 Å². The number of hydrogen-bond donors (Lipinski definition) is 3. The topological polar surface area (TPSA) is 117 Å². The third-order valence-electron chi connectivity index (χ3n) is 2.88. The molecule has 1 fully saturated rings. The molecule has 2 atom stereocenters. The summed E-state index contributed by atoms with van der Waals surface area (Å²) < 4.78 is 1.92. The van der Waals surface area contributed by atoms with Crippen LogP contribution in [0.25, 0.3) is 0 Å². The Balaban J connectivity index is 1.85. The molecule has 3 N–H and O–H groups in total. The zero-order chi connectivity index (χ0) is 14.7. The molecule has 1 saturated carbocycles. The van der Waals surface area contributed by atoms with Crippen molar-refractivity contribution in [2.45, 2.75) is 43.1 Å². The molecule has 0 aliphatic heterocycles. The van der Waals surface area contributed by atoms with Gasteiger partial charge in [0.15, 0.2) is 11.2 Å². The van der Waals surface area contributed by atoms with Gasteiger partial charge in [0.2, 0.25) is 5.91 Å². The number of hydrogen-bond acceptors (Lipinski definition) is 6. The number of aliphatic carboxylic acids is 1. The van der Waals surface area contributed by atoms with E-state index in [0.717, 1.165) is 12.8 Å². The Bertz CT molecular complexity index is 500. The summed E-state index contributed by atoms with van der Waals surface area (Å²) in [6.07, 6.45) is 2.65. The van der Waals surface area contributed by atoms with Gasteiger partial charge in [0, 0.05) is 6.04 Å². The molecule has 20 heavy (non-hydrogen) atoms. The van der Waals surface area contributed by atoms with E-state index in [1.165, 1.54) is 18.7 Å². The van der Waals surface area contributed by atoms with Crippen LogP contribution >= 0.6 is 11.8 Å². The molecule has 1 aliphatic rings. The van der Waals surface area contributed by atoms with Crippen LogP contribution in [0.2, 0.25) is 0 Å². The lowest BCUT2D eigenvalue weighted by Gasteiger charge is -2.16. The average Bonchev–Trinajstić information content (AvgIpc) is 3.12. The van der Waals surface area contributed by atoms with Crippen LogP contribution in [0, 0.1) is 0 Å². The SMILES string of the molecule is C[C@@H](O)[C@H](NC(=O)CSc1nncn1C1CC1)C(=O)O. The van der Waals surface area contributed by atoms with E-state index in [2.05, 4.69) is 15.5 Å². The number of thioether (sulfide) groups is 1. The maximum Gasteiger partial charge on any atom is 0.328 e. The van der Waals surface area contributed by atoms with Crippen LogP contribution in [0.3, 0.4) is 0 Å². The number of carbonyl (C=O) groups is 2. The van der Waals surface area contributed by atoms with Crippen LogP contribution in [0.4, 0.5) is 0 Å². The molecular formula is C11H16N4O4S. The van der Waals surface area contributed by atoms with E-state index in [1.807, 2.05) is 4.57 Å². The van der Waals surface area contributed by atoms with Crippen molar-refractivity contribution >= 4 is 23.6 Å². The first-order chi connectivity index (χ1) is 9.49. The highest BCUT2D eigenvalue weighted by Gasteiger charge is 2.27. The summed E-state index contributed by atoms with van der Waals surface area (Å²) >= 11 is 1.20. The molecule has 0 aromatic carbocycles. The highest BCUT2D eigenvalue weighted by Crippen LogP contribution is 2.37. The summed E-state index contributed by atoms with van der Waals surface area (Å²) in [5, 5.41) is 28.8. The molecule has 1 aromatic heterocycles. The lowest BCUT2D eigenvalue weighted by atomic mass is 10.2. The third kappa shape index (κ3) is 3.70. The molecule has 1 aromatic rings. The number of nitrogens with zero attached hydrogens (tertiary/aromatic N) is 3. The minimum Gasteiger partial charge on any atom is -0.480 e. The predicted molar refractivity (Wildman–Crippen MR) is 70.3 cm³/mol. The first-order valence-electron chi connectivity index (χ1n) is 6.21. The zero-order valence-electron chi connectivity index (χ0n) is 10.9. The summed E-state index contributed by atoms with van der Waals surface area (Å²) in [5.74, 6) is -1.70. The molecule has 8 nitrogen and oxygen atoms in total. The first-order valence-corrected chi connectivity index (χ1v) is 7.20. The maximum atomic E-state index is 11.7. The standard InChI is InChI=1S/C11H16N4O4S/c1-6(16)9(10(18)19)13-8(17)4-20-11-14-12-5-15(11)7-2-3-7/h5-7,9,16H,2-4H2,1H3,(H,13,17)(H,18,19)/t6-,9+/m1/s1. The van der Waals surface area contributed by atoms with E-state index in [0.29, 0.717) is 11.2 Å².